The number of phosphoric ester groups is 1. The van der Waals surface area contributed by atoms with Crippen LogP contribution in [-0.2, 0) is 18.4 Å². The number of rotatable bonds is 45. The van der Waals surface area contributed by atoms with Gasteiger partial charge in [-0.05, 0) is 44.9 Å². The van der Waals surface area contributed by atoms with Gasteiger partial charge >= 0.3 is 7.82 Å². The van der Waals surface area contributed by atoms with E-state index in [2.05, 4.69) is 43.5 Å². The molecule has 0 spiro atoms. The SMILES string of the molecule is CCCCCCCCCCCCCCCCC/C=C/CC/C=C/CC/C=C/C(O)C(COP(=O)(O)OCC[N+](C)(C)C)NC(=O)CCCCCCCCCCCCCC. The molecule has 0 aliphatic carbocycles. The van der Waals surface area contributed by atoms with Gasteiger partial charge in [-0.3, -0.25) is 13.8 Å². The fourth-order valence-electron chi connectivity index (χ4n) is 7.13. The molecular weight excluding hydrogens is 756 g/mol. The van der Waals surface area contributed by atoms with E-state index in [0.717, 1.165) is 44.9 Å². The molecule has 8 nitrogen and oxygen atoms in total. The summed E-state index contributed by atoms with van der Waals surface area (Å²) in [6.45, 7) is 4.79. The summed E-state index contributed by atoms with van der Waals surface area (Å²) in [6.07, 6.45) is 52.4. The average molecular weight is 854 g/mol. The van der Waals surface area contributed by atoms with Gasteiger partial charge in [0, 0.05) is 6.42 Å². The maximum absolute atomic E-state index is 12.9. The molecule has 0 heterocycles. The highest BCUT2D eigenvalue weighted by molar-refractivity contribution is 7.47. The topological polar surface area (TPSA) is 105 Å². The number of allylic oxidation sites excluding steroid dienone is 5. The molecule has 0 aromatic heterocycles. The molecule has 348 valence electrons. The van der Waals surface area contributed by atoms with E-state index in [1.165, 1.54) is 161 Å². The summed E-state index contributed by atoms with van der Waals surface area (Å²) in [7, 11) is 1.55. The van der Waals surface area contributed by atoms with Crippen LogP contribution < -0.4 is 5.32 Å². The zero-order valence-electron chi connectivity index (χ0n) is 39.5. The number of aliphatic hydroxyl groups is 1. The molecule has 3 unspecified atom stereocenters. The van der Waals surface area contributed by atoms with Crippen molar-refractivity contribution in [3.8, 4) is 0 Å². The zero-order chi connectivity index (χ0) is 43.6. The van der Waals surface area contributed by atoms with E-state index in [4.69, 9.17) is 9.05 Å². The maximum atomic E-state index is 12.9. The van der Waals surface area contributed by atoms with E-state index in [1.54, 1.807) is 6.08 Å². The molecule has 0 aromatic rings. The van der Waals surface area contributed by atoms with Crippen LogP contribution >= 0.6 is 7.82 Å². The second-order valence-electron chi connectivity index (χ2n) is 18.2. The monoisotopic (exact) mass is 854 g/mol. The molecule has 1 amide bonds. The number of hydrogen-bond donors (Lipinski definition) is 3. The molecule has 0 aliphatic heterocycles. The van der Waals surface area contributed by atoms with Gasteiger partial charge in [-0.15, -0.1) is 0 Å². The van der Waals surface area contributed by atoms with Gasteiger partial charge in [0.05, 0.1) is 39.9 Å². The Labute approximate surface area is 366 Å². The fraction of sp³-hybridized carbons (Fsp3) is 0.860. The molecular formula is C50H98N2O6P+. The number of carbonyl (C=O) groups excluding carboxylic acids is 1. The number of amides is 1. The molecule has 0 aromatic carbocycles. The second kappa shape index (κ2) is 42.0. The van der Waals surface area contributed by atoms with E-state index < -0.39 is 20.0 Å². The summed E-state index contributed by atoms with van der Waals surface area (Å²) in [6, 6.07) is -0.866. The molecule has 3 atom stereocenters. The summed E-state index contributed by atoms with van der Waals surface area (Å²) < 4.78 is 23.6. The van der Waals surface area contributed by atoms with E-state index in [1.807, 2.05) is 27.2 Å². The molecule has 59 heavy (non-hydrogen) atoms. The third kappa shape index (κ3) is 44.6. The Hall–Kier alpha value is -1.28. The van der Waals surface area contributed by atoms with Gasteiger partial charge in [0.25, 0.3) is 0 Å². The van der Waals surface area contributed by atoms with Gasteiger partial charge in [-0.1, -0.05) is 211 Å². The largest absolute Gasteiger partial charge is 0.472 e. The molecule has 0 saturated heterocycles. The van der Waals surface area contributed by atoms with E-state index in [-0.39, 0.29) is 19.1 Å². The van der Waals surface area contributed by atoms with Crippen molar-refractivity contribution in [1.82, 2.24) is 5.32 Å². The molecule has 9 heteroatoms. The minimum Gasteiger partial charge on any atom is -0.387 e. The highest BCUT2D eigenvalue weighted by Gasteiger charge is 2.27. The Balaban J connectivity index is 4.33. The van der Waals surface area contributed by atoms with Gasteiger partial charge in [0.2, 0.25) is 5.91 Å². The number of unbranched alkanes of at least 4 members (excludes halogenated alkanes) is 28. The number of carbonyl (C=O) groups is 1. The third-order valence-corrected chi connectivity index (χ3v) is 12.1. The lowest BCUT2D eigenvalue weighted by Crippen LogP contribution is -2.45. The molecule has 0 radical (unpaired) electrons. The number of nitrogens with zero attached hydrogens (tertiary/aromatic N) is 1. The molecule has 0 bridgehead atoms. The van der Waals surface area contributed by atoms with Crippen LogP contribution in [0.15, 0.2) is 36.5 Å². The highest BCUT2D eigenvalue weighted by Crippen LogP contribution is 2.43. The summed E-state index contributed by atoms with van der Waals surface area (Å²) in [5, 5.41) is 13.8. The fourth-order valence-corrected chi connectivity index (χ4v) is 7.87. The third-order valence-electron chi connectivity index (χ3n) is 11.1. The lowest BCUT2D eigenvalue weighted by Gasteiger charge is -2.25. The van der Waals surface area contributed by atoms with E-state index >= 15 is 0 Å². The predicted octanol–water partition coefficient (Wildman–Crippen LogP) is 14.3. The van der Waals surface area contributed by atoms with Gasteiger partial charge < -0.3 is 19.8 Å². The van der Waals surface area contributed by atoms with Crippen molar-refractivity contribution in [1.29, 1.82) is 0 Å². The van der Waals surface area contributed by atoms with Crippen molar-refractivity contribution in [3.05, 3.63) is 36.5 Å². The van der Waals surface area contributed by atoms with Crippen LogP contribution in [0.5, 0.6) is 0 Å². The Bertz CT molecular complexity index is 1060. The van der Waals surface area contributed by atoms with Crippen molar-refractivity contribution in [3.63, 3.8) is 0 Å². The normalized spacial score (nSPS) is 14.5. The summed E-state index contributed by atoms with van der Waals surface area (Å²) >= 11 is 0. The Morgan fingerprint density at radius 3 is 1.36 bits per heavy atom. The van der Waals surface area contributed by atoms with E-state index in [9.17, 15) is 19.4 Å². The van der Waals surface area contributed by atoms with Crippen LogP contribution in [0.25, 0.3) is 0 Å². The Morgan fingerprint density at radius 1 is 0.559 bits per heavy atom. The zero-order valence-corrected chi connectivity index (χ0v) is 40.4. The van der Waals surface area contributed by atoms with Gasteiger partial charge in [0.15, 0.2) is 0 Å². The van der Waals surface area contributed by atoms with Crippen LogP contribution in [0.1, 0.15) is 226 Å². The van der Waals surface area contributed by atoms with E-state index in [0.29, 0.717) is 17.4 Å². The maximum Gasteiger partial charge on any atom is 0.472 e. The van der Waals surface area contributed by atoms with Crippen LogP contribution in [0, 0.1) is 0 Å². The summed E-state index contributed by atoms with van der Waals surface area (Å²) in [5.41, 5.74) is 0. The van der Waals surface area contributed by atoms with Crippen molar-refractivity contribution in [2.24, 2.45) is 0 Å². The van der Waals surface area contributed by atoms with Gasteiger partial charge in [-0.2, -0.15) is 0 Å². The first-order valence-electron chi connectivity index (χ1n) is 24.9. The molecule has 0 saturated carbocycles. The van der Waals surface area contributed by atoms with Crippen LogP contribution in [0.2, 0.25) is 0 Å². The van der Waals surface area contributed by atoms with Gasteiger partial charge in [-0.25, -0.2) is 4.57 Å². The highest BCUT2D eigenvalue weighted by atomic mass is 31.2. The lowest BCUT2D eigenvalue weighted by molar-refractivity contribution is -0.870. The minimum absolute atomic E-state index is 0.0547. The average Bonchev–Trinajstić information content (AvgIpc) is 3.19. The number of hydrogen-bond acceptors (Lipinski definition) is 5. The lowest BCUT2D eigenvalue weighted by atomic mass is 10.0. The summed E-state index contributed by atoms with van der Waals surface area (Å²) in [4.78, 5) is 23.1. The van der Waals surface area contributed by atoms with Crippen molar-refractivity contribution in [2.45, 2.75) is 238 Å². The Morgan fingerprint density at radius 2 is 0.932 bits per heavy atom. The first kappa shape index (κ1) is 57.7. The molecule has 0 aliphatic rings. The molecule has 0 fully saturated rings. The van der Waals surface area contributed by atoms with Crippen LogP contribution in [0.4, 0.5) is 0 Å². The van der Waals surface area contributed by atoms with Crippen molar-refractivity contribution in [2.75, 3.05) is 40.9 Å². The molecule has 0 rings (SSSR count). The first-order chi connectivity index (χ1) is 28.5. The van der Waals surface area contributed by atoms with Crippen molar-refractivity contribution >= 4 is 13.7 Å². The Kier molecular flexibility index (Phi) is 41.1. The molecule has 3 N–H and O–H groups in total. The minimum atomic E-state index is -4.35. The number of phosphoric acid groups is 1. The number of nitrogens with one attached hydrogen (secondary N) is 1. The standard InChI is InChI=1S/C50H97N2O6P/c1-6-8-10-12-14-16-18-20-21-22-23-24-25-26-27-28-29-30-31-32-33-35-37-39-41-43-49(53)48(47-58-59(55,56)57-46-45-52(3,4)5)51-50(54)44-42-40-38-36-34-19-17-15-13-11-9-7-2/h29-30,33,35,41,43,48-49,53H,6-28,31-32,34,36-40,42,44-47H2,1-5H3,(H-,51,54,55,56)/p+1/b30-29+,35-33+,43-41+. The number of likely N-dealkylation sites (N-methyl/N-ethyl adjacent to an activating group) is 1. The number of quaternary nitrogens is 1. The number of aliphatic hydroxyl groups excluding tert-OH is 1. The smallest absolute Gasteiger partial charge is 0.387 e. The van der Waals surface area contributed by atoms with Crippen LogP contribution in [0.3, 0.4) is 0 Å². The van der Waals surface area contributed by atoms with Crippen molar-refractivity contribution < 1.29 is 32.9 Å². The first-order valence-corrected chi connectivity index (χ1v) is 26.4. The summed E-state index contributed by atoms with van der Waals surface area (Å²) in [5.74, 6) is -0.191. The second-order valence-corrected chi connectivity index (χ2v) is 19.6. The van der Waals surface area contributed by atoms with Crippen LogP contribution in [-0.4, -0.2) is 73.4 Å². The quantitative estimate of drug-likeness (QED) is 0.0244. The van der Waals surface area contributed by atoms with Gasteiger partial charge in [0.1, 0.15) is 13.2 Å². The predicted molar refractivity (Wildman–Crippen MR) is 254 cm³/mol.